The van der Waals surface area contributed by atoms with Crippen LogP contribution in [0.15, 0.2) is 48.5 Å². The molecule has 0 radical (unpaired) electrons. The molecule has 16 heavy (non-hydrogen) atoms. The Hall–Kier alpha value is -2.29. The number of aromatic hydroxyl groups is 1. The number of hydrogen-bond donors (Lipinski definition) is 1. The number of aldehydes is 1. The molecule has 0 atom stereocenters. The SMILES string of the molecule is O=Cc1ccc(Oc2ccc(O)cc2)cc1. The third kappa shape index (κ3) is 2.39. The second-order valence-corrected chi connectivity index (χ2v) is 3.28. The zero-order chi connectivity index (χ0) is 11.4. The van der Waals surface area contributed by atoms with E-state index in [1.165, 1.54) is 0 Å². The Labute approximate surface area is 92.9 Å². The molecule has 2 aromatic carbocycles. The second kappa shape index (κ2) is 4.49. The summed E-state index contributed by atoms with van der Waals surface area (Å²) in [5.41, 5.74) is 0.609. The van der Waals surface area contributed by atoms with Crippen molar-refractivity contribution < 1.29 is 14.6 Å². The van der Waals surface area contributed by atoms with Gasteiger partial charge in [-0.15, -0.1) is 0 Å². The molecule has 2 rings (SSSR count). The van der Waals surface area contributed by atoms with E-state index in [0.29, 0.717) is 17.1 Å². The summed E-state index contributed by atoms with van der Waals surface area (Å²) >= 11 is 0. The summed E-state index contributed by atoms with van der Waals surface area (Å²) in [4.78, 5) is 10.4. The Morgan fingerprint density at radius 2 is 1.38 bits per heavy atom. The van der Waals surface area contributed by atoms with Crippen molar-refractivity contribution >= 4 is 6.29 Å². The predicted octanol–water partition coefficient (Wildman–Crippen LogP) is 3.00. The van der Waals surface area contributed by atoms with Crippen LogP contribution in [0.25, 0.3) is 0 Å². The van der Waals surface area contributed by atoms with Crippen LogP contribution in [0.5, 0.6) is 17.2 Å². The first-order chi connectivity index (χ1) is 7.78. The summed E-state index contributed by atoms with van der Waals surface area (Å²) in [6.45, 7) is 0. The first kappa shape index (κ1) is 10.2. The van der Waals surface area contributed by atoms with Crippen LogP contribution in [0.2, 0.25) is 0 Å². The van der Waals surface area contributed by atoms with Gasteiger partial charge < -0.3 is 9.84 Å². The Balaban J connectivity index is 2.14. The maximum Gasteiger partial charge on any atom is 0.150 e. The lowest BCUT2D eigenvalue weighted by atomic mass is 10.2. The number of ether oxygens (including phenoxy) is 1. The molecule has 0 spiro atoms. The maximum absolute atomic E-state index is 10.4. The van der Waals surface area contributed by atoms with Gasteiger partial charge in [0, 0.05) is 5.56 Å². The molecule has 3 nitrogen and oxygen atoms in total. The van der Waals surface area contributed by atoms with Gasteiger partial charge in [0.1, 0.15) is 23.5 Å². The summed E-state index contributed by atoms with van der Waals surface area (Å²) in [5.74, 6) is 1.48. The number of carbonyl (C=O) groups excluding carboxylic acids is 1. The highest BCUT2D eigenvalue weighted by Gasteiger charge is 1.97. The summed E-state index contributed by atoms with van der Waals surface area (Å²) in [6.07, 6.45) is 0.782. The van der Waals surface area contributed by atoms with Gasteiger partial charge in [-0.1, -0.05) is 0 Å². The van der Waals surface area contributed by atoms with Crippen LogP contribution in [-0.4, -0.2) is 11.4 Å². The minimum absolute atomic E-state index is 0.198. The molecule has 0 saturated heterocycles. The van der Waals surface area contributed by atoms with E-state index in [1.807, 2.05) is 0 Å². The molecule has 80 valence electrons. The van der Waals surface area contributed by atoms with Gasteiger partial charge in [0.05, 0.1) is 0 Å². The standard InChI is InChI=1S/C13H10O3/c14-9-10-1-5-12(6-2-10)16-13-7-3-11(15)4-8-13/h1-9,15H. The van der Waals surface area contributed by atoms with Gasteiger partial charge in [0.25, 0.3) is 0 Å². The van der Waals surface area contributed by atoms with Gasteiger partial charge in [-0.05, 0) is 48.5 Å². The van der Waals surface area contributed by atoms with Crippen molar-refractivity contribution in [2.24, 2.45) is 0 Å². The average molecular weight is 214 g/mol. The van der Waals surface area contributed by atoms with E-state index in [9.17, 15) is 4.79 Å². The van der Waals surface area contributed by atoms with Crippen LogP contribution in [0, 0.1) is 0 Å². The zero-order valence-electron chi connectivity index (χ0n) is 8.46. The molecule has 0 unspecified atom stereocenters. The van der Waals surface area contributed by atoms with Gasteiger partial charge in [0.2, 0.25) is 0 Å². The molecule has 0 aliphatic heterocycles. The monoisotopic (exact) mass is 214 g/mol. The molecule has 0 bridgehead atoms. The number of carbonyl (C=O) groups is 1. The van der Waals surface area contributed by atoms with Crippen molar-refractivity contribution in [3.8, 4) is 17.2 Å². The third-order valence-corrected chi connectivity index (χ3v) is 2.09. The molecule has 0 saturated carbocycles. The van der Waals surface area contributed by atoms with Crippen LogP contribution < -0.4 is 4.74 Å². The van der Waals surface area contributed by atoms with E-state index in [1.54, 1.807) is 48.5 Å². The fourth-order valence-corrected chi connectivity index (χ4v) is 1.26. The van der Waals surface area contributed by atoms with Crippen molar-refractivity contribution in [1.29, 1.82) is 0 Å². The minimum Gasteiger partial charge on any atom is -0.508 e. The van der Waals surface area contributed by atoms with Crippen molar-refractivity contribution in [3.05, 3.63) is 54.1 Å². The zero-order valence-corrected chi connectivity index (χ0v) is 8.46. The normalized spacial score (nSPS) is 9.75. The quantitative estimate of drug-likeness (QED) is 0.799. The topological polar surface area (TPSA) is 46.5 Å². The van der Waals surface area contributed by atoms with Gasteiger partial charge in [0.15, 0.2) is 0 Å². The predicted molar refractivity (Wildman–Crippen MR) is 60.0 cm³/mol. The highest BCUT2D eigenvalue weighted by Crippen LogP contribution is 2.23. The van der Waals surface area contributed by atoms with E-state index in [4.69, 9.17) is 9.84 Å². The van der Waals surface area contributed by atoms with Gasteiger partial charge >= 0.3 is 0 Å². The second-order valence-electron chi connectivity index (χ2n) is 3.28. The van der Waals surface area contributed by atoms with Gasteiger partial charge in [-0.3, -0.25) is 4.79 Å². The maximum atomic E-state index is 10.4. The summed E-state index contributed by atoms with van der Waals surface area (Å²) in [6, 6.07) is 13.2. The number of phenols is 1. The Morgan fingerprint density at radius 3 is 1.88 bits per heavy atom. The molecular weight excluding hydrogens is 204 g/mol. The molecule has 0 aliphatic carbocycles. The van der Waals surface area contributed by atoms with Crippen LogP contribution in [-0.2, 0) is 0 Å². The van der Waals surface area contributed by atoms with Crippen molar-refractivity contribution in [2.45, 2.75) is 0 Å². The fourth-order valence-electron chi connectivity index (χ4n) is 1.26. The lowest BCUT2D eigenvalue weighted by molar-refractivity contribution is 0.112. The summed E-state index contributed by atoms with van der Waals surface area (Å²) < 4.78 is 5.51. The van der Waals surface area contributed by atoms with E-state index in [2.05, 4.69) is 0 Å². The van der Waals surface area contributed by atoms with Crippen molar-refractivity contribution in [1.82, 2.24) is 0 Å². The Morgan fingerprint density at radius 1 is 0.875 bits per heavy atom. The van der Waals surface area contributed by atoms with Gasteiger partial charge in [-0.25, -0.2) is 0 Å². The first-order valence-corrected chi connectivity index (χ1v) is 4.80. The van der Waals surface area contributed by atoms with Crippen molar-refractivity contribution in [2.75, 3.05) is 0 Å². The van der Waals surface area contributed by atoms with Crippen LogP contribution in [0.4, 0.5) is 0 Å². The number of phenolic OH excluding ortho intramolecular Hbond substituents is 1. The van der Waals surface area contributed by atoms with E-state index in [-0.39, 0.29) is 5.75 Å². The number of rotatable bonds is 3. The highest BCUT2D eigenvalue weighted by atomic mass is 16.5. The van der Waals surface area contributed by atoms with Crippen LogP contribution >= 0.6 is 0 Å². The highest BCUT2D eigenvalue weighted by molar-refractivity contribution is 5.74. The minimum atomic E-state index is 0.198. The number of benzene rings is 2. The first-order valence-electron chi connectivity index (χ1n) is 4.80. The number of hydrogen-bond acceptors (Lipinski definition) is 3. The Bertz CT molecular complexity index is 472. The molecule has 1 N–H and O–H groups in total. The molecule has 0 aliphatic rings. The largest absolute Gasteiger partial charge is 0.508 e. The third-order valence-electron chi connectivity index (χ3n) is 2.09. The lowest BCUT2D eigenvalue weighted by Gasteiger charge is -2.05. The van der Waals surface area contributed by atoms with E-state index >= 15 is 0 Å². The van der Waals surface area contributed by atoms with Gasteiger partial charge in [-0.2, -0.15) is 0 Å². The lowest BCUT2D eigenvalue weighted by Crippen LogP contribution is -1.84. The Kier molecular flexibility index (Phi) is 2.87. The van der Waals surface area contributed by atoms with Crippen LogP contribution in [0.3, 0.4) is 0 Å². The molecular formula is C13H10O3. The summed E-state index contributed by atoms with van der Waals surface area (Å²) in [7, 11) is 0. The molecule has 0 amide bonds. The molecule has 0 heterocycles. The average Bonchev–Trinajstić information content (AvgIpc) is 2.33. The van der Waals surface area contributed by atoms with Crippen LogP contribution in [0.1, 0.15) is 10.4 Å². The smallest absolute Gasteiger partial charge is 0.150 e. The van der Waals surface area contributed by atoms with E-state index in [0.717, 1.165) is 6.29 Å². The summed E-state index contributed by atoms with van der Waals surface area (Å²) in [5, 5.41) is 9.10. The fraction of sp³-hybridized carbons (Fsp3) is 0. The molecule has 3 heteroatoms. The molecule has 0 aromatic heterocycles. The van der Waals surface area contributed by atoms with E-state index < -0.39 is 0 Å². The van der Waals surface area contributed by atoms with Crippen molar-refractivity contribution in [3.63, 3.8) is 0 Å². The molecule has 2 aromatic rings. The molecule has 0 fully saturated rings.